The van der Waals surface area contributed by atoms with E-state index in [9.17, 15) is 21.0 Å². The lowest BCUT2D eigenvalue weighted by Crippen LogP contribution is -2.36. The fourth-order valence-electron chi connectivity index (χ4n) is 5.36. The summed E-state index contributed by atoms with van der Waals surface area (Å²) in [5, 5.41) is 38.5. The fourth-order valence-corrected chi connectivity index (χ4v) is 5.36. The zero-order chi connectivity index (χ0) is 31.8. The minimum atomic E-state index is -5.46. The van der Waals surface area contributed by atoms with Gasteiger partial charge in [-0.3, -0.25) is 0 Å². The van der Waals surface area contributed by atoms with E-state index < -0.39 is 67.3 Å². The van der Waals surface area contributed by atoms with Gasteiger partial charge in [0.2, 0.25) is 0 Å². The summed E-state index contributed by atoms with van der Waals surface area (Å²) >= 11 is 0. The SMILES string of the molecule is N#CC(C#N)=c1c(-c2ccc3ccccc3c2)c(C(F)(F)F)c(=C(C#N)C#N)c(-c2ccc3ccccc3c2)c1C(F)(F)F. The number of fused-ring (bicyclic) bond motifs is 2. The van der Waals surface area contributed by atoms with Crippen molar-refractivity contribution in [3.8, 4) is 46.5 Å². The predicted octanol–water partition coefficient (Wildman–Crippen LogP) is 7.76. The Morgan fingerprint density at radius 3 is 1.07 bits per heavy atom. The van der Waals surface area contributed by atoms with Gasteiger partial charge < -0.3 is 0 Å². The Bertz CT molecular complexity index is 2110. The molecule has 0 unspecified atom stereocenters. The van der Waals surface area contributed by atoms with Gasteiger partial charge in [0.05, 0.1) is 11.1 Å². The van der Waals surface area contributed by atoms with E-state index in [2.05, 4.69) is 0 Å². The van der Waals surface area contributed by atoms with Gasteiger partial charge in [0.1, 0.15) is 35.4 Å². The second kappa shape index (κ2) is 11.0. The van der Waals surface area contributed by atoms with Crippen LogP contribution in [0.15, 0.2) is 84.9 Å². The minimum Gasteiger partial charge on any atom is -0.192 e. The topological polar surface area (TPSA) is 95.2 Å². The van der Waals surface area contributed by atoms with Gasteiger partial charge in [-0.2, -0.15) is 47.4 Å². The van der Waals surface area contributed by atoms with Gasteiger partial charge in [-0.1, -0.05) is 72.8 Å². The Kier molecular flexibility index (Phi) is 7.32. The molecule has 0 radical (unpaired) electrons. The van der Waals surface area contributed by atoms with Gasteiger partial charge in [0.25, 0.3) is 0 Å². The largest absolute Gasteiger partial charge is 0.417 e. The van der Waals surface area contributed by atoms with Crippen LogP contribution in [0.25, 0.3) is 54.9 Å². The van der Waals surface area contributed by atoms with Crippen molar-refractivity contribution in [2.24, 2.45) is 0 Å². The summed E-state index contributed by atoms with van der Waals surface area (Å²) in [7, 11) is 0. The van der Waals surface area contributed by atoms with E-state index in [1.54, 1.807) is 36.4 Å². The Hall–Kier alpha value is -6.10. The molecule has 0 saturated heterocycles. The average molecular weight is 593 g/mol. The second-order valence-corrected chi connectivity index (χ2v) is 9.57. The molecule has 0 aliphatic rings. The standard InChI is InChI=1S/C34H14F6N4/c35-33(36,37)31-27(23-11-9-19-5-1-3-7-21(19)13-23)29(25(15-41)16-42)32(34(38,39)40)28(30(31)26(17-43)18-44)24-12-10-20-6-2-4-8-22(20)14-24/h1-14H. The molecule has 0 aromatic heterocycles. The van der Waals surface area contributed by atoms with E-state index in [0.717, 1.165) is 12.1 Å². The fraction of sp³-hybridized carbons (Fsp3) is 0.0588. The monoisotopic (exact) mass is 592 g/mol. The number of nitrogens with zero attached hydrogens (tertiary/aromatic N) is 4. The molecule has 10 heteroatoms. The average Bonchev–Trinajstić information content (AvgIpc) is 3.00. The number of rotatable bonds is 2. The van der Waals surface area contributed by atoms with Gasteiger partial charge in [-0.05, 0) is 44.8 Å². The van der Waals surface area contributed by atoms with E-state index in [0.29, 0.717) is 21.5 Å². The summed E-state index contributed by atoms with van der Waals surface area (Å²) in [4.78, 5) is 0. The quantitative estimate of drug-likeness (QED) is 0.196. The van der Waals surface area contributed by atoms with Crippen molar-refractivity contribution in [2.75, 3.05) is 0 Å². The molecule has 0 fully saturated rings. The van der Waals surface area contributed by atoms with Crippen LogP contribution in [0.4, 0.5) is 26.3 Å². The number of alkyl halides is 6. The summed E-state index contributed by atoms with van der Waals surface area (Å²) in [6.45, 7) is 0. The van der Waals surface area contributed by atoms with Crippen LogP contribution in [-0.2, 0) is 12.4 Å². The third-order valence-electron chi connectivity index (χ3n) is 7.09. The van der Waals surface area contributed by atoms with Gasteiger partial charge in [-0.25, -0.2) is 0 Å². The molecule has 0 amide bonds. The van der Waals surface area contributed by atoms with Crippen LogP contribution in [0.2, 0.25) is 0 Å². The van der Waals surface area contributed by atoms with Gasteiger partial charge in [0, 0.05) is 21.6 Å². The summed E-state index contributed by atoms with van der Waals surface area (Å²) in [5.41, 5.74) is -9.04. The van der Waals surface area contributed by atoms with E-state index in [4.69, 9.17) is 0 Å². The normalized spacial score (nSPS) is 11.3. The minimum absolute atomic E-state index is 0.359. The highest BCUT2D eigenvalue weighted by Crippen LogP contribution is 2.42. The lowest BCUT2D eigenvalue weighted by atomic mass is 9.82. The van der Waals surface area contributed by atoms with Gasteiger partial charge in [0.15, 0.2) is 0 Å². The highest BCUT2D eigenvalue weighted by Gasteiger charge is 2.44. The maximum Gasteiger partial charge on any atom is 0.417 e. The van der Waals surface area contributed by atoms with E-state index >= 15 is 26.3 Å². The molecule has 5 aromatic rings. The smallest absolute Gasteiger partial charge is 0.192 e. The lowest BCUT2D eigenvalue weighted by Gasteiger charge is -2.24. The van der Waals surface area contributed by atoms with Crippen molar-refractivity contribution >= 4 is 32.7 Å². The van der Waals surface area contributed by atoms with Crippen molar-refractivity contribution in [3.05, 3.63) is 106 Å². The molecule has 44 heavy (non-hydrogen) atoms. The molecular weight excluding hydrogens is 578 g/mol. The van der Waals surface area contributed by atoms with E-state index in [-0.39, 0.29) is 0 Å². The third kappa shape index (κ3) is 4.96. The molecule has 0 spiro atoms. The lowest BCUT2D eigenvalue weighted by molar-refractivity contribution is -0.141. The van der Waals surface area contributed by atoms with Crippen LogP contribution in [0.3, 0.4) is 0 Å². The highest BCUT2D eigenvalue weighted by molar-refractivity contribution is 5.95. The first-order chi connectivity index (χ1) is 20.9. The molecule has 0 saturated carbocycles. The van der Waals surface area contributed by atoms with E-state index in [1.165, 1.54) is 60.7 Å². The molecular formula is C34H14F6N4. The van der Waals surface area contributed by atoms with Crippen LogP contribution < -0.4 is 10.4 Å². The molecule has 5 aromatic carbocycles. The first-order valence-corrected chi connectivity index (χ1v) is 12.7. The predicted molar refractivity (Wildman–Crippen MR) is 151 cm³/mol. The summed E-state index contributed by atoms with van der Waals surface area (Å²) in [6, 6.07) is 25.6. The maximum absolute atomic E-state index is 15.3. The van der Waals surface area contributed by atoms with Crippen molar-refractivity contribution in [3.63, 3.8) is 0 Å². The molecule has 0 N–H and O–H groups in total. The summed E-state index contributed by atoms with van der Waals surface area (Å²) < 4.78 is 91.7. The van der Waals surface area contributed by atoms with Crippen LogP contribution in [-0.4, -0.2) is 0 Å². The van der Waals surface area contributed by atoms with Crippen LogP contribution in [0.1, 0.15) is 11.1 Å². The Morgan fingerprint density at radius 1 is 0.455 bits per heavy atom. The molecule has 0 aliphatic heterocycles. The first-order valence-electron chi connectivity index (χ1n) is 12.7. The van der Waals surface area contributed by atoms with Crippen molar-refractivity contribution in [1.29, 1.82) is 21.0 Å². The number of benzene rings is 5. The molecule has 0 atom stereocenters. The number of nitriles is 4. The Balaban J connectivity index is 2.25. The van der Waals surface area contributed by atoms with Gasteiger partial charge in [-0.15, -0.1) is 0 Å². The molecule has 0 aliphatic carbocycles. The molecule has 4 nitrogen and oxygen atoms in total. The van der Waals surface area contributed by atoms with Crippen LogP contribution >= 0.6 is 0 Å². The Labute approximate surface area is 245 Å². The molecule has 0 heterocycles. The van der Waals surface area contributed by atoms with Crippen molar-refractivity contribution in [1.82, 2.24) is 0 Å². The van der Waals surface area contributed by atoms with Crippen LogP contribution in [0, 0.1) is 45.3 Å². The summed E-state index contributed by atoms with van der Waals surface area (Å²) in [6.07, 6.45) is -10.9. The molecule has 5 rings (SSSR count). The zero-order valence-corrected chi connectivity index (χ0v) is 22.1. The summed E-state index contributed by atoms with van der Waals surface area (Å²) in [5.74, 6) is 0. The number of hydrogen-bond acceptors (Lipinski definition) is 4. The second-order valence-electron chi connectivity index (χ2n) is 9.57. The van der Waals surface area contributed by atoms with Crippen molar-refractivity contribution < 1.29 is 26.3 Å². The molecule has 0 bridgehead atoms. The zero-order valence-electron chi connectivity index (χ0n) is 22.1. The number of halogens is 6. The van der Waals surface area contributed by atoms with Gasteiger partial charge >= 0.3 is 12.4 Å². The van der Waals surface area contributed by atoms with E-state index in [1.807, 2.05) is 0 Å². The highest BCUT2D eigenvalue weighted by atomic mass is 19.4. The van der Waals surface area contributed by atoms with Crippen molar-refractivity contribution in [2.45, 2.75) is 12.4 Å². The molecule has 212 valence electrons. The third-order valence-corrected chi connectivity index (χ3v) is 7.09. The maximum atomic E-state index is 15.3. The Morgan fingerprint density at radius 2 is 0.773 bits per heavy atom. The number of hydrogen-bond donors (Lipinski definition) is 0. The first kappa shape index (κ1) is 29.4. The van der Waals surface area contributed by atoms with Crippen LogP contribution in [0.5, 0.6) is 0 Å².